The number of hydrogen-bond acceptors (Lipinski definition) is 5. The summed E-state index contributed by atoms with van der Waals surface area (Å²) in [6, 6.07) is 33.8. The Balaban J connectivity index is 1.27. The maximum atomic E-state index is 8.50. The first-order valence-corrected chi connectivity index (χ1v) is 14.9. The van der Waals surface area contributed by atoms with Crippen molar-refractivity contribution in [3.63, 3.8) is 0 Å². The summed E-state index contributed by atoms with van der Waals surface area (Å²) in [5, 5.41) is 3.87. The molecule has 3 aromatic heterocycles. The Hall–Kier alpha value is -5.65. The molecule has 0 N–H and O–H groups in total. The lowest BCUT2D eigenvalue weighted by Crippen LogP contribution is -2.00. The summed E-state index contributed by atoms with van der Waals surface area (Å²) < 4.78 is 50.1. The Kier molecular flexibility index (Phi) is 4.60. The molecule has 6 aromatic carbocycles. The van der Waals surface area contributed by atoms with Crippen LogP contribution in [0.2, 0.25) is 0 Å². The van der Waals surface area contributed by atoms with Gasteiger partial charge in [0.1, 0.15) is 11.2 Å². The summed E-state index contributed by atoms with van der Waals surface area (Å²) >= 11 is 1.72. The van der Waals surface area contributed by atoms with Crippen molar-refractivity contribution in [1.29, 1.82) is 0 Å². The lowest BCUT2D eigenvalue weighted by atomic mass is 10.0. The van der Waals surface area contributed by atoms with E-state index in [4.69, 9.17) is 26.2 Å². The molecule has 0 spiro atoms. The maximum absolute atomic E-state index is 8.50. The number of para-hydroxylation sites is 1. The third kappa shape index (κ3) is 4.02. The molecule has 5 heteroatoms. The van der Waals surface area contributed by atoms with Gasteiger partial charge in [-0.25, -0.2) is 15.0 Å². The molecular weight excluding hydrogens is 559 g/mol. The number of rotatable bonds is 4. The highest BCUT2D eigenvalue weighted by atomic mass is 32.1. The van der Waals surface area contributed by atoms with Crippen molar-refractivity contribution < 1.29 is 11.3 Å². The highest BCUT2D eigenvalue weighted by molar-refractivity contribution is 7.26. The molecule has 0 aliphatic heterocycles. The van der Waals surface area contributed by atoms with E-state index in [9.17, 15) is 0 Å². The molecule has 0 saturated heterocycles. The van der Waals surface area contributed by atoms with Crippen LogP contribution in [0.15, 0.2) is 144 Å². The van der Waals surface area contributed by atoms with Gasteiger partial charge in [-0.15, -0.1) is 11.3 Å². The van der Waals surface area contributed by atoms with Gasteiger partial charge in [-0.1, -0.05) is 109 Å². The van der Waals surface area contributed by atoms with Crippen LogP contribution in [0.1, 0.15) is 6.85 Å². The van der Waals surface area contributed by atoms with Crippen LogP contribution in [0.25, 0.3) is 87.4 Å². The summed E-state index contributed by atoms with van der Waals surface area (Å²) in [6.07, 6.45) is 0. The van der Waals surface area contributed by atoms with Crippen molar-refractivity contribution in [2.45, 2.75) is 0 Å². The van der Waals surface area contributed by atoms with Gasteiger partial charge in [-0.05, 0) is 41.5 Å². The van der Waals surface area contributed by atoms with Crippen molar-refractivity contribution in [2.75, 3.05) is 0 Å². The Morgan fingerprint density at radius 1 is 0.523 bits per heavy atom. The van der Waals surface area contributed by atoms with E-state index in [-0.39, 0.29) is 29.7 Å². The van der Waals surface area contributed by atoms with Gasteiger partial charge in [0.25, 0.3) is 0 Å². The minimum absolute atomic E-state index is 0.142. The second kappa shape index (κ2) is 9.97. The standard InChI is InChI=1S/C39H23N3OS/c1-3-11-24(12-4-1)26-21-22-33-32(23-26)28-16-9-18-30(35(28)43-33)38-40-37(25-13-5-2-6-14-25)41-39(42-38)31-19-10-17-29-27-15-7-8-20-34(27)44-36(29)31/h1-23H/i1D,3D,4D,11D,12D. The van der Waals surface area contributed by atoms with E-state index >= 15 is 0 Å². The molecule has 3 heterocycles. The van der Waals surface area contributed by atoms with Crippen LogP contribution in [0.3, 0.4) is 0 Å². The lowest BCUT2D eigenvalue weighted by molar-refractivity contribution is 0.669. The topological polar surface area (TPSA) is 51.8 Å². The number of thiophene rings is 1. The van der Waals surface area contributed by atoms with Crippen LogP contribution in [-0.2, 0) is 0 Å². The second-order valence-electron chi connectivity index (χ2n) is 10.4. The van der Waals surface area contributed by atoms with Gasteiger partial charge in [0, 0.05) is 42.1 Å². The summed E-state index contributed by atoms with van der Waals surface area (Å²) in [4.78, 5) is 15.0. The first-order chi connectivity index (χ1) is 23.9. The summed E-state index contributed by atoms with van der Waals surface area (Å²) in [5.41, 5.74) is 4.27. The second-order valence-corrected chi connectivity index (χ2v) is 11.5. The molecule has 206 valence electrons. The predicted molar refractivity (Wildman–Crippen MR) is 182 cm³/mol. The number of benzene rings is 6. The van der Waals surface area contributed by atoms with E-state index < -0.39 is 6.04 Å². The van der Waals surface area contributed by atoms with Crippen LogP contribution in [0.4, 0.5) is 0 Å². The van der Waals surface area contributed by atoms with Crippen molar-refractivity contribution in [3.8, 4) is 45.3 Å². The van der Waals surface area contributed by atoms with Gasteiger partial charge >= 0.3 is 0 Å². The van der Waals surface area contributed by atoms with Gasteiger partial charge in [0.2, 0.25) is 0 Å². The molecule has 0 aliphatic rings. The molecule has 9 aromatic rings. The van der Waals surface area contributed by atoms with Crippen LogP contribution in [0, 0.1) is 0 Å². The van der Waals surface area contributed by atoms with Crippen LogP contribution >= 0.6 is 11.3 Å². The van der Waals surface area contributed by atoms with Gasteiger partial charge in [0.15, 0.2) is 17.5 Å². The third-order valence-electron chi connectivity index (χ3n) is 7.84. The van der Waals surface area contributed by atoms with E-state index in [1.54, 1.807) is 23.5 Å². The molecule has 44 heavy (non-hydrogen) atoms. The first-order valence-electron chi connectivity index (χ1n) is 16.6. The predicted octanol–water partition coefficient (Wildman–Crippen LogP) is 10.8. The fourth-order valence-electron chi connectivity index (χ4n) is 5.78. The highest BCUT2D eigenvalue weighted by Gasteiger charge is 2.19. The molecule has 0 amide bonds. The molecule has 9 rings (SSSR count). The van der Waals surface area contributed by atoms with Gasteiger partial charge < -0.3 is 4.42 Å². The average molecular weight is 587 g/mol. The molecule has 4 nitrogen and oxygen atoms in total. The summed E-state index contributed by atoms with van der Waals surface area (Å²) in [7, 11) is 0. The molecular formula is C39H23N3OS. The van der Waals surface area contributed by atoms with Crippen molar-refractivity contribution in [3.05, 3.63) is 139 Å². The molecule has 0 atom stereocenters. The van der Waals surface area contributed by atoms with Gasteiger partial charge in [0.05, 0.1) is 12.4 Å². The number of aromatic nitrogens is 3. The molecule has 0 fully saturated rings. The number of nitrogens with zero attached hydrogens (tertiary/aromatic N) is 3. The van der Waals surface area contributed by atoms with E-state index in [1.807, 2.05) is 72.8 Å². The fourth-order valence-corrected chi connectivity index (χ4v) is 6.99. The smallest absolute Gasteiger partial charge is 0.167 e. The summed E-state index contributed by atoms with van der Waals surface area (Å²) in [6.45, 7) is 0. The largest absolute Gasteiger partial charge is 0.455 e. The Morgan fingerprint density at radius 3 is 2.09 bits per heavy atom. The maximum Gasteiger partial charge on any atom is 0.167 e. The fraction of sp³-hybridized carbons (Fsp3) is 0. The first kappa shape index (κ1) is 20.3. The number of fused-ring (bicyclic) bond motifs is 6. The van der Waals surface area contributed by atoms with Gasteiger partial charge in [-0.2, -0.15) is 0 Å². The van der Waals surface area contributed by atoms with Crippen LogP contribution < -0.4 is 0 Å². The van der Waals surface area contributed by atoms with Gasteiger partial charge in [-0.3, -0.25) is 0 Å². The number of furan rings is 1. The van der Waals surface area contributed by atoms with Crippen molar-refractivity contribution in [2.24, 2.45) is 0 Å². The third-order valence-corrected chi connectivity index (χ3v) is 9.06. The summed E-state index contributed by atoms with van der Waals surface area (Å²) in [5.74, 6) is 1.55. The Bertz CT molecular complexity index is 2770. The molecule has 0 unspecified atom stereocenters. The highest BCUT2D eigenvalue weighted by Crippen LogP contribution is 2.41. The molecule has 0 radical (unpaired) electrons. The van der Waals surface area contributed by atoms with Crippen LogP contribution in [-0.4, -0.2) is 15.0 Å². The van der Waals surface area contributed by atoms with Crippen molar-refractivity contribution >= 4 is 53.4 Å². The van der Waals surface area contributed by atoms with E-state index in [0.717, 1.165) is 32.0 Å². The zero-order valence-electron chi connectivity index (χ0n) is 28.1. The molecule has 0 bridgehead atoms. The van der Waals surface area contributed by atoms with E-state index in [1.165, 1.54) is 10.1 Å². The minimum Gasteiger partial charge on any atom is -0.455 e. The Labute approximate surface area is 264 Å². The van der Waals surface area contributed by atoms with E-state index in [2.05, 4.69) is 24.3 Å². The molecule has 0 aliphatic carbocycles. The monoisotopic (exact) mass is 586 g/mol. The normalized spacial score (nSPS) is 13.2. The quantitative estimate of drug-likeness (QED) is 0.206. The zero-order valence-corrected chi connectivity index (χ0v) is 23.9. The number of hydrogen-bond donors (Lipinski definition) is 0. The van der Waals surface area contributed by atoms with E-state index in [0.29, 0.717) is 39.8 Å². The zero-order chi connectivity index (χ0) is 33.4. The lowest BCUT2D eigenvalue weighted by Gasteiger charge is -2.09. The minimum atomic E-state index is -0.423. The SMILES string of the molecule is [2H]c1c([2H])c([2H])c(-c2ccc3oc4c(-c5nc(-c6ccccc6)nc(-c6cccc7c6sc6ccccc67)n5)cccc4c3c2)c([2H])c1[2H]. The molecule has 0 saturated carbocycles. The average Bonchev–Trinajstić information content (AvgIpc) is 3.72. The Morgan fingerprint density at radius 2 is 1.23 bits per heavy atom. The van der Waals surface area contributed by atoms with Crippen LogP contribution in [0.5, 0.6) is 0 Å². The van der Waals surface area contributed by atoms with Crippen molar-refractivity contribution in [1.82, 2.24) is 15.0 Å².